The second kappa shape index (κ2) is 5.64. The second-order valence-corrected chi connectivity index (χ2v) is 6.54. The van der Waals surface area contributed by atoms with Crippen LogP contribution in [0.15, 0.2) is 47.4 Å². The van der Waals surface area contributed by atoms with Gasteiger partial charge in [0.2, 0.25) is 0 Å². The van der Waals surface area contributed by atoms with Gasteiger partial charge in [-0.3, -0.25) is 4.79 Å². The van der Waals surface area contributed by atoms with Crippen molar-refractivity contribution in [1.82, 2.24) is 0 Å². The van der Waals surface area contributed by atoms with Crippen molar-refractivity contribution in [2.45, 2.75) is 4.90 Å². The van der Waals surface area contributed by atoms with E-state index >= 15 is 0 Å². The van der Waals surface area contributed by atoms with Gasteiger partial charge in [-0.05, 0) is 30.3 Å². The first-order valence-corrected chi connectivity index (χ1v) is 7.90. The van der Waals surface area contributed by atoms with E-state index in [1.54, 1.807) is 30.3 Å². The van der Waals surface area contributed by atoms with E-state index in [1.165, 1.54) is 12.1 Å². The lowest BCUT2D eigenvalue weighted by Crippen LogP contribution is -1.97. The summed E-state index contributed by atoms with van der Waals surface area (Å²) in [6.07, 6.45) is 1.71. The molecule has 0 spiro atoms. The number of benzene rings is 2. The van der Waals surface area contributed by atoms with E-state index in [0.29, 0.717) is 12.0 Å². The third-order valence-corrected chi connectivity index (χ3v) is 4.03. The standard InChI is InChI=1S/C14H11ClO4S/c1-20(17,18)11-5-2-4-10(8-11)19-14-7-3-6-13(15)12(14)9-16/h2-9H,1H3. The predicted octanol–water partition coefficient (Wildman–Crippen LogP) is 3.35. The van der Waals surface area contributed by atoms with E-state index in [0.717, 1.165) is 6.26 Å². The molecule has 20 heavy (non-hydrogen) atoms. The van der Waals surface area contributed by atoms with Gasteiger partial charge < -0.3 is 4.74 Å². The summed E-state index contributed by atoms with van der Waals surface area (Å²) in [7, 11) is -3.32. The molecule has 0 atom stereocenters. The molecule has 0 fully saturated rings. The Balaban J connectivity index is 2.41. The fourth-order valence-electron chi connectivity index (χ4n) is 1.62. The van der Waals surface area contributed by atoms with Gasteiger partial charge in [0.1, 0.15) is 11.5 Å². The van der Waals surface area contributed by atoms with E-state index in [1.807, 2.05) is 0 Å². The lowest BCUT2D eigenvalue weighted by atomic mass is 10.2. The maximum absolute atomic E-state index is 11.5. The summed E-state index contributed by atoms with van der Waals surface area (Å²) in [5.41, 5.74) is 0.221. The monoisotopic (exact) mass is 310 g/mol. The number of ether oxygens (including phenoxy) is 1. The number of carbonyl (C=O) groups excluding carboxylic acids is 1. The Morgan fingerprint density at radius 3 is 2.50 bits per heavy atom. The van der Waals surface area contributed by atoms with Crippen molar-refractivity contribution < 1.29 is 17.9 Å². The number of sulfone groups is 1. The normalized spacial score (nSPS) is 11.1. The zero-order valence-electron chi connectivity index (χ0n) is 10.5. The van der Waals surface area contributed by atoms with Gasteiger partial charge in [-0.25, -0.2) is 8.42 Å². The van der Waals surface area contributed by atoms with Crippen molar-refractivity contribution in [2.75, 3.05) is 6.26 Å². The molecule has 0 N–H and O–H groups in total. The first-order valence-electron chi connectivity index (χ1n) is 5.63. The zero-order valence-corrected chi connectivity index (χ0v) is 12.1. The highest BCUT2D eigenvalue weighted by Crippen LogP contribution is 2.30. The molecular weight excluding hydrogens is 300 g/mol. The Morgan fingerprint density at radius 1 is 1.15 bits per heavy atom. The Kier molecular flexibility index (Phi) is 4.11. The molecule has 0 aliphatic heterocycles. The zero-order chi connectivity index (χ0) is 14.8. The number of rotatable bonds is 4. The van der Waals surface area contributed by atoms with Gasteiger partial charge in [0.25, 0.3) is 0 Å². The van der Waals surface area contributed by atoms with Gasteiger partial charge in [-0.1, -0.05) is 23.7 Å². The summed E-state index contributed by atoms with van der Waals surface area (Å²) in [4.78, 5) is 11.1. The topological polar surface area (TPSA) is 60.4 Å². The Hall–Kier alpha value is -1.85. The lowest BCUT2D eigenvalue weighted by molar-refractivity contribution is 0.112. The molecule has 0 aliphatic carbocycles. The highest BCUT2D eigenvalue weighted by atomic mass is 35.5. The van der Waals surface area contributed by atoms with Gasteiger partial charge >= 0.3 is 0 Å². The summed E-state index contributed by atoms with van der Waals surface area (Å²) in [5.74, 6) is 0.594. The van der Waals surface area contributed by atoms with E-state index in [2.05, 4.69) is 0 Å². The van der Waals surface area contributed by atoms with Crippen LogP contribution in [0.1, 0.15) is 10.4 Å². The summed E-state index contributed by atoms with van der Waals surface area (Å²) < 4.78 is 28.5. The SMILES string of the molecule is CS(=O)(=O)c1cccc(Oc2cccc(Cl)c2C=O)c1. The highest BCUT2D eigenvalue weighted by molar-refractivity contribution is 7.90. The molecule has 2 rings (SSSR count). The third-order valence-electron chi connectivity index (χ3n) is 2.59. The summed E-state index contributed by atoms with van der Waals surface area (Å²) in [5, 5.41) is 0.275. The minimum Gasteiger partial charge on any atom is -0.457 e. The van der Waals surface area contributed by atoms with Crippen LogP contribution in [0.5, 0.6) is 11.5 Å². The number of halogens is 1. The molecule has 0 aliphatic rings. The number of aldehydes is 1. The smallest absolute Gasteiger partial charge is 0.175 e. The Bertz CT molecular complexity index is 754. The van der Waals surface area contributed by atoms with Crippen LogP contribution < -0.4 is 4.74 Å². The van der Waals surface area contributed by atoms with Crippen molar-refractivity contribution >= 4 is 27.7 Å². The molecule has 2 aromatic carbocycles. The summed E-state index contributed by atoms with van der Waals surface area (Å²) in [6.45, 7) is 0. The van der Waals surface area contributed by atoms with Gasteiger partial charge in [-0.15, -0.1) is 0 Å². The van der Waals surface area contributed by atoms with Crippen molar-refractivity contribution in [3.05, 3.63) is 53.1 Å². The first-order chi connectivity index (χ1) is 9.41. The average Bonchev–Trinajstić information content (AvgIpc) is 2.38. The van der Waals surface area contributed by atoms with Crippen molar-refractivity contribution in [1.29, 1.82) is 0 Å². The van der Waals surface area contributed by atoms with Gasteiger partial charge in [0, 0.05) is 6.26 Å². The Labute approximate surface area is 121 Å². The molecule has 0 amide bonds. The van der Waals surface area contributed by atoms with Crippen LogP contribution in [0.3, 0.4) is 0 Å². The first kappa shape index (κ1) is 14.6. The molecule has 0 saturated heterocycles. The van der Waals surface area contributed by atoms with E-state index in [4.69, 9.17) is 16.3 Å². The third kappa shape index (κ3) is 3.18. The lowest BCUT2D eigenvalue weighted by Gasteiger charge is -2.09. The molecular formula is C14H11ClO4S. The second-order valence-electron chi connectivity index (χ2n) is 4.12. The molecule has 6 heteroatoms. The molecule has 0 aromatic heterocycles. The van der Waals surface area contributed by atoms with Crippen LogP contribution in [-0.2, 0) is 9.84 Å². The fourth-order valence-corrected chi connectivity index (χ4v) is 2.48. The molecule has 0 saturated carbocycles. The van der Waals surface area contributed by atoms with Crippen LogP contribution in [0.4, 0.5) is 0 Å². The number of hydrogen-bond donors (Lipinski definition) is 0. The summed E-state index contributed by atoms with van der Waals surface area (Å²) >= 11 is 5.89. The van der Waals surface area contributed by atoms with Crippen molar-refractivity contribution in [3.8, 4) is 11.5 Å². The van der Waals surface area contributed by atoms with Crippen molar-refractivity contribution in [2.24, 2.45) is 0 Å². The molecule has 0 heterocycles. The quantitative estimate of drug-likeness (QED) is 0.813. The maximum atomic E-state index is 11.5. The highest BCUT2D eigenvalue weighted by Gasteiger charge is 2.11. The molecule has 4 nitrogen and oxygen atoms in total. The largest absolute Gasteiger partial charge is 0.457 e. The minimum absolute atomic E-state index is 0.143. The number of hydrogen-bond acceptors (Lipinski definition) is 4. The molecule has 0 radical (unpaired) electrons. The molecule has 104 valence electrons. The number of carbonyl (C=O) groups is 1. The van der Waals surface area contributed by atoms with E-state index < -0.39 is 9.84 Å². The minimum atomic E-state index is -3.32. The van der Waals surface area contributed by atoms with Gasteiger partial charge in [0.15, 0.2) is 16.1 Å². The van der Waals surface area contributed by atoms with Crippen LogP contribution in [0, 0.1) is 0 Å². The maximum Gasteiger partial charge on any atom is 0.175 e. The molecule has 2 aromatic rings. The summed E-state index contributed by atoms with van der Waals surface area (Å²) in [6, 6.07) is 10.8. The van der Waals surface area contributed by atoms with Crippen molar-refractivity contribution in [3.63, 3.8) is 0 Å². The average molecular weight is 311 g/mol. The van der Waals surface area contributed by atoms with Crippen LogP contribution in [-0.4, -0.2) is 21.0 Å². The van der Waals surface area contributed by atoms with Gasteiger partial charge in [-0.2, -0.15) is 0 Å². The molecule has 0 bridgehead atoms. The van der Waals surface area contributed by atoms with Gasteiger partial charge in [0.05, 0.1) is 15.5 Å². The van der Waals surface area contributed by atoms with Crippen LogP contribution in [0.25, 0.3) is 0 Å². The van der Waals surface area contributed by atoms with E-state index in [-0.39, 0.29) is 21.2 Å². The fraction of sp³-hybridized carbons (Fsp3) is 0.0714. The van der Waals surface area contributed by atoms with E-state index in [9.17, 15) is 13.2 Å². The predicted molar refractivity (Wildman–Crippen MR) is 76.5 cm³/mol. The van der Waals surface area contributed by atoms with Crippen LogP contribution >= 0.6 is 11.6 Å². The molecule has 0 unspecified atom stereocenters. The Morgan fingerprint density at radius 2 is 1.85 bits per heavy atom. The van der Waals surface area contributed by atoms with Crippen LogP contribution in [0.2, 0.25) is 5.02 Å².